The number of nitrogens with one attached hydrogen (secondary N) is 2. The lowest BCUT2D eigenvalue weighted by atomic mass is 9.93. The first kappa shape index (κ1) is 21.3. The number of thioether (sulfide) groups is 1. The summed E-state index contributed by atoms with van der Waals surface area (Å²) in [4.78, 5) is 39.6. The van der Waals surface area contributed by atoms with Crippen LogP contribution < -0.4 is 10.6 Å². The summed E-state index contributed by atoms with van der Waals surface area (Å²) in [5, 5.41) is 5.57. The number of carbonyl (C=O) groups is 3. The van der Waals surface area contributed by atoms with E-state index in [4.69, 9.17) is 0 Å². The molecule has 3 rings (SSSR count). The van der Waals surface area contributed by atoms with Crippen molar-refractivity contribution in [3.8, 4) is 0 Å². The van der Waals surface area contributed by atoms with Crippen LogP contribution in [0.5, 0.6) is 0 Å². The minimum atomic E-state index is -1.14. The zero-order chi connectivity index (χ0) is 21.3. The van der Waals surface area contributed by atoms with E-state index in [9.17, 15) is 14.4 Å². The Labute approximate surface area is 179 Å². The topological polar surface area (TPSA) is 75.3 Å². The standard InChI is InChI=1S/C24H22N2O3S/c1-30-21-15-9-8-14-20(21)26-22(27)16-19(23(28)17-10-4-2-5-11-17)24(29)25-18-12-6-3-7-13-18/h2-15,19H,16H2,1H3,(H,25,29)(H,26,27)/t19-/m1/s1. The van der Waals surface area contributed by atoms with E-state index in [-0.39, 0.29) is 6.42 Å². The van der Waals surface area contributed by atoms with Crippen LogP contribution in [0.25, 0.3) is 0 Å². The molecule has 0 spiro atoms. The molecule has 0 bridgehead atoms. The maximum atomic E-state index is 13.0. The normalized spacial score (nSPS) is 11.4. The molecule has 0 fully saturated rings. The van der Waals surface area contributed by atoms with Crippen LogP contribution in [0.2, 0.25) is 0 Å². The molecular weight excluding hydrogens is 396 g/mol. The van der Waals surface area contributed by atoms with Gasteiger partial charge >= 0.3 is 0 Å². The number of anilines is 2. The molecule has 0 aromatic heterocycles. The van der Waals surface area contributed by atoms with Gasteiger partial charge in [0.15, 0.2) is 5.78 Å². The SMILES string of the molecule is CSc1ccccc1NC(=O)C[C@@H](C(=O)Nc1ccccc1)C(=O)c1ccccc1. The highest BCUT2D eigenvalue weighted by atomic mass is 32.2. The molecule has 0 aliphatic heterocycles. The smallest absolute Gasteiger partial charge is 0.235 e. The number of hydrogen-bond donors (Lipinski definition) is 2. The lowest BCUT2D eigenvalue weighted by Gasteiger charge is -2.17. The molecule has 0 saturated heterocycles. The third-order valence-corrected chi connectivity index (χ3v) is 5.30. The Morgan fingerprint density at radius 3 is 2.07 bits per heavy atom. The molecule has 2 N–H and O–H groups in total. The lowest BCUT2D eigenvalue weighted by molar-refractivity contribution is -0.123. The highest BCUT2D eigenvalue weighted by Gasteiger charge is 2.30. The largest absolute Gasteiger partial charge is 0.325 e. The zero-order valence-corrected chi connectivity index (χ0v) is 17.3. The van der Waals surface area contributed by atoms with Crippen molar-refractivity contribution in [1.29, 1.82) is 0 Å². The number of benzene rings is 3. The van der Waals surface area contributed by atoms with Crippen molar-refractivity contribution in [3.05, 3.63) is 90.5 Å². The molecule has 2 amide bonds. The van der Waals surface area contributed by atoms with Crippen LogP contribution in [0.1, 0.15) is 16.8 Å². The van der Waals surface area contributed by atoms with Gasteiger partial charge in [-0.25, -0.2) is 0 Å². The van der Waals surface area contributed by atoms with Gasteiger partial charge in [-0.1, -0.05) is 60.7 Å². The number of hydrogen-bond acceptors (Lipinski definition) is 4. The van der Waals surface area contributed by atoms with Crippen molar-refractivity contribution < 1.29 is 14.4 Å². The minimum Gasteiger partial charge on any atom is -0.325 e. The quantitative estimate of drug-likeness (QED) is 0.311. The van der Waals surface area contributed by atoms with Crippen molar-refractivity contribution in [2.24, 2.45) is 5.92 Å². The van der Waals surface area contributed by atoms with Gasteiger partial charge in [-0.3, -0.25) is 14.4 Å². The first-order valence-electron chi connectivity index (χ1n) is 9.46. The molecule has 3 aromatic carbocycles. The summed E-state index contributed by atoms with van der Waals surface area (Å²) in [5.41, 5.74) is 1.62. The van der Waals surface area contributed by atoms with Crippen molar-refractivity contribution in [2.75, 3.05) is 16.9 Å². The third kappa shape index (κ3) is 5.58. The fourth-order valence-corrected chi connectivity index (χ4v) is 3.55. The summed E-state index contributed by atoms with van der Waals surface area (Å²) in [6.45, 7) is 0. The fraction of sp³-hybridized carbons (Fsp3) is 0.125. The van der Waals surface area contributed by atoms with Crippen LogP contribution in [-0.2, 0) is 9.59 Å². The summed E-state index contributed by atoms with van der Waals surface area (Å²) < 4.78 is 0. The molecule has 0 unspecified atom stereocenters. The Hall–Kier alpha value is -3.38. The highest BCUT2D eigenvalue weighted by Crippen LogP contribution is 2.25. The van der Waals surface area contributed by atoms with Crippen LogP contribution in [-0.4, -0.2) is 23.9 Å². The van der Waals surface area contributed by atoms with Crippen LogP contribution >= 0.6 is 11.8 Å². The number of ketones is 1. The summed E-state index contributed by atoms with van der Waals surface area (Å²) in [6.07, 6.45) is 1.66. The third-order valence-electron chi connectivity index (χ3n) is 4.50. The fourth-order valence-electron chi connectivity index (χ4n) is 2.99. The number of Topliss-reactive ketones (excluding diaryl/α,β-unsaturated/α-hetero) is 1. The molecule has 0 radical (unpaired) electrons. The van der Waals surface area contributed by atoms with E-state index in [1.165, 1.54) is 11.8 Å². The monoisotopic (exact) mass is 418 g/mol. The Bertz CT molecular complexity index is 1020. The van der Waals surface area contributed by atoms with E-state index < -0.39 is 23.5 Å². The minimum absolute atomic E-state index is 0.255. The first-order chi connectivity index (χ1) is 14.6. The Balaban J connectivity index is 1.80. The van der Waals surface area contributed by atoms with E-state index in [0.717, 1.165) is 4.90 Å². The first-order valence-corrected chi connectivity index (χ1v) is 10.7. The van der Waals surface area contributed by atoms with Gasteiger partial charge in [0.05, 0.1) is 5.69 Å². The van der Waals surface area contributed by atoms with Crippen LogP contribution in [0, 0.1) is 5.92 Å². The van der Waals surface area contributed by atoms with Crippen molar-refractivity contribution in [2.45, 2.75) is 11.3 Å². The van der Waals surface area contributed by atoms with Crippen molar-refractivity contribution >= 4 is 40.7 Å². The number of carbonyl (C=O) groups excluding carboxylic acids is 3. The summed E-state index contributed by atoms with van der Waals surface area (Å²) >= 11 is 1.51. The molecule has 0 saturated carbocycles. The molecular formula is C24H22N2O3S. The van der Waals surface area contributed by atoms with Crippen molar-refractivity contribution in [3.63, 3.8) is 0 Å². The van der Waals surface area contributed by atoms with Crippen LogP contribution in [0.15, 0.2) is 89.8 Å². The molecule has 0 aliphatic rings. The van der Waals surface area contributed by atoms with E-state index in [1.807, 2.05) is 30.5 Å². The second-order valence-corrected chi connectivity index (χ2v) is 7.44. The highest BCUT2D eigenvalue weighted by molar-refractivity contribution is 7.98. The molecule has 30 heavy (non-hydrogen) atoms. The second kappa shape index (κ2) is 10.4. The zero-order valence-electron chi connectivity index (χ0n) is 16.5. The molecule has 0 heterocycles. The number of amides is 2. The number of rotatable bonds is 8. The average molecular weight is 419 g/mol. The summed E-state index contributed by atoms with van der Waals surface area (Å²) in [5.74, 6) is -2.44. The number of para-hydroxylation sites is 2. The molecule has 1 atom stereocenters. The van der Waals surface area contributed by atoms with Gasteiger partial charge in [-0.15, -0.1) is 11.8 Å². The van der Waals surface area contributed by atoms with E-state index in [0.29, 0.717) is 16.9 Å². The van der Waals surface area contributed by atoms with Gasteiger partial charge < -0.3 is 10.6 Å². The van der Waals surface area contributed by atoms with Crippen LogP contribution in [0.4, 0.5) is 11.4 Å². The van der Waals surface area contributed by atoms with Crippen LogP contribution in [0.3, 0.4) is 0 Å². The van der Waals surface area contributed by atoms with Gasteiger partial charge in [0.25, 0.3) is 0 Å². The van der Waals surface area contributed by atoms with Gasteiger partial charge in [-0.2, -0.15) is 0 Å². The molecule has 0 aliphatic carbocycles. The average Bonchev–Trinajstić information content (AvgIpc) is 2.78. The maximum absolute atomic E-state index is 13.0. The van der Waals surface area contributed by atoms with Crippen molar-refractivity contribution in [1.82, 2.24) is 0 Å². The predicted molar refractivity (Wildman–Crippen MR) is 121 cm³/mol. The lowest BCUT2D eigenvalue weighted by Crippen LogP contribution is -2.33. The van der Waals surface area contributed by atoms with Gasteiger partial charge in [0, 0.05) is 22.6 Å². The van der Waals surface area contributed by atoms with Gasteiger partial charge in [0.2, 0.25) is 11.8 Å². The Kier molecular flexibility index (Phi) is 7.40. The van der Waals surface area contributed by atoms with E-state index in [2.05, 4.69) is 10.6 Å². The Morgan fingerprint density at radius 2 is 1.40 bits per heavy atom. The summed E-state index contributed by atoms with van der Waals surface area (Å²) in [7, 11) is 0. The Morgan fingerprint density at radius 1 is 0.800 bits per heavy atom. The van der Waals surface area contributed by atoms with Gasteiger partial charge in [0.1, 0.15) is 5.92 Å². The van der Waals surface area contributed by atoms with E-state index >= 15 is 0 Å². The summed E-state index contributed by atoms with van der Waals surface area (Å²) in [6, 6.07) is 24.8. The molecule has 6 heteroatoms. The predicted octanol–water partition coefficient (Wildman–Crippen LogP) is 4.87. The molecule has 5 nitrogen and oxygen atoms in total. The van der Waals surface area contributed by atoms with E-state index in [1.54, 1.807) is 60.7 Å². The maximum Gasteiger partial charge on any atom is 0.235 e. The molecule has 3 aromatic rings. The molecule has 152 valence electrons. The second-order valence-electron chi connectivity index (χ2n) is 6.59. The van der Waals surface area contributed by atoms with Gasteiger partial charge in [-0.05, 0) is 30.5 Å².